The van der Waals surface area contributed by atoms with Gasteiger partial charge >= 0.3 is 0 Å². The molecule has 2 N–H and O–H groups in total. The Morgan fingerprint density at radius 2 is 1.82 bits per heavy atom. The number of nitrogens with zero attached hydrogens (tertiary/aromatic N) is 4. The largest absolute Gasteiger partial charge is 0.362 e. The highest BCUT2D eigenvalue weighted by molar-refractivity contribution is 7.80. The second-order valence-corrected chi connectivity index (χ2v) is 10.7. The standard InChI is InChI=1S/C26H40N6S/c1-19-14-20(2)18-31(17-19)9-5-8-27-26(33)28-22-6-7-24-23(16-22)21(3)15-25(29-24)32-12-10-30(4)11-13-32/h6-7,15-16,19-20H,5,8-14,17-18H2,1-4H3,(H2,27,28,33)/t19-,20-/m1/s1. The van der Waals surface area contributed by atoms with Crippen molar-refractivity contribution >= 4 is 39.7 Å². The molecular formula is C26H40N6S. The number of pyridine rings is 1. The van der Waals surface area contributed by atoms with E-state index in [2.05, 4.69) is 77.4 Å². The topological polar surface area (TPSA) is 46.7 Å². The number of rotatable bonds is 6. The molecule has 2 saturated heterocycles. The summed E-state index contributed by atoms with van der Waals surface area (Å²) in [7, 11) is 2.18. The Hall–Kier alpha value is -1.96. The first kappa shape index (κ1) is 24.2. The van der Waals surface area contributed by atoms with Gasteiger partial charge in [0, 0.05) is 56.9 Å². The van der Waals surface area contributed by atoms with Crippen molar-refractivity contribution in [2.45, 2.75) is 33.6 Å². The minimum absolute atomic E-state index is 0.689. The average Bonchev–Trinajstić information content (AvgIpc) is 2.77. The number of thiocarbonyl (C=S) groups is 1. The van der Waals surface area contributed by atoms with E-state index >= 15 is 0 Å². The number of piperidine rings is 1. The maximum Gasteiger partial charge on any atom is 0.170 e. The van der Waals surface area contributed by atoms with Crippen molar-refractivity contribution in [1.82, 2.24) is 20.1 Å². The van der Waals surface area contributed by atoms with Crippen molar-refractivity contribution in [2.24, 2.45) is 11.8 Å². The monoisotopic (exact) mass is 468 g/mol. The van der Waals surface area contributed by atoms with E-state index in [0.29, 0.717) is 5.11 Å². The van der Waals surface area contributed by atoms with Gasteiger partial charge in [0.2, 0.25) is 0 Å². The van der Waals surface area contributed by atoms with E-state index in [1.807, 2.05) is 0 Å². The van der Waals surface area contributed by atoms with Crippen LogP contribution in [0.2, 0.25) is 0 Å². The second-order valence-electron chi connectivity index (χ2n) is 10.3. The number of aromatic nitrogens is 1. The number of benzene rings is 1. The number of anilines is 2. The lowest BCUT2D eigenvalue weighted by atomic mass is 9.92. The molecule has 1 aromatic heterocycles. The zero-order valence-corrected chi connectivity index (χ0v) is 21.5. The number of fused-ring (bicyclic) bond motifs is 1. The first-order valence-corrected chi connectivity index (χ1v) is 12.9. The Balaban J connectivity index is 1.29. The zero-order chi connectivity index (χ0) is 23.4. The molecule has 180 valence electrons. The highest BCUT2D eigenvalue weighted by Gasteiger charge is 2.21. The first-order chi connectivity index (χ1) is 15.9. The number of likely N-dealkylation sites (tertiary alicyclic amines) is 1. The Morgan fingerprint density at radius 3 is 2.55 bits per heavy atom. The van der Waals surface area contributed by atoms with Crippen LogP contribution in [-0.4, -0.2) is 79.3 Å². The number of likely N-dealkylation sites (N-methyl/N-ethyl adjacent to an activating group) is 1. The predicted octanol–water partition coefficient (Wildman–Crippen LogP) is 3.95. The summed E-state index contributed by atoms with van der Waals surface area (Å²) in [5, 5.41) is 8.60. The van der Waals surface area contributed by atoms with Crippen LogP contribution in [0.3, 0.4) is 0 Å². The van der Waals surface area contributed by atoms with Gasteiger partial charge in [-0.2, -0.15) is 0 Å². The second kappa shape index (κ2) is 11.0. The van der Waals surface area contributed by atoms with Crippen molar-refractivity contribution < 1.29 is 0 Å². The summed E-state index contributed by atoms with van der Waals surface area (Å²) in [5.74, 6) is 2.71. The molecule has 0 spiro atoms. The van der Waals surface area contributed by atoms with Crippen molar-refractivity contribution in [1.29, 1.82) is 0 Å². The van der Waals surface area contributed by atoms with Crippen LogP contribution in [0.1, 0.15) is 32.3 Å². The number of hydrogen-bond donors (Lipinski definition) is 2. The molecule has 0 unspecified atom stereocenters. The molecule has 33 heavy (non-hydrogen) atoms. The number of nitrogens with one attached hydrogen (secondary N) is 2. The van der Waals surface area contributed by atoms with E-state index in [1.54, 1.807) is 0 Å². The van der Waals surface area contributed by atoms with Gasteiger partial charge < -0.3 is 25.3 Å². The van der Waals surface area contributed by atoms with Crippen LogP contribution in [0.25, 0.3) is 10.9 Å². The van der Waals surface area contributed by atoms with Crippen LogP contribution >= 0.6 is 12.2 Å². The van der Waals surface area contributed by atoms with E-state index in [0.717, 1.165) is 74.5 Å². The normalized spacial score (nSPS) is 22.5. The van der Waals surface area contributed by atoms with E-state index in [1.165, 1.54) is 30.5 Å². The summed E-state index contributed by atoms with van der Waals surface area (Å²) in [6.45, 7) is 15.6. The van der Waals surface area contributed by atoms with Gasteiger partial charge in [0.1, 0.15) is 5.82 Å². The van der Waals surface area contributed by atoms with Crippen molar-refractivity contribution in [3.63, 3.8) is 0 Å². The summed E-state index contributed by atoms with van der Waals surface area (Å²) in [4.78, 5) is 12.3. The molecule has 0 amide bonds. The van der Waals surface area contributed by atoms with Gasteiger partial charge in [-0.3, -0.25) is 0 Å². The van der Waals surface area contributed by atoms with Gasteiger partial charge in [-0.05, 0) is 87.2 Å². The van der Waals surface area contributed by atoms with E-state index in [4.69, 9.17) is 17.2 Å². The maximum absolute atomic E-state index is 5.55. The summed E-state index contributed by atoms with van der Waals surface area (Å²) >= 11 is 5.55. The van der Waals surface area contributed by atoms with Gasteiger partial charge in [-0.15, -0.1) is 0 Å². The molecule has 2 aliphatic heterocycles. The van der Waals surface area contributed by atoms with E-state index in [9.17, 15) is 0 Å². The fraction of sp³-hybridized carbons (Fsp3) is 0.615. The van der Waals surface area contributed by atoms with E-state index in [-0.39, 0.29) is 0 Å². The molecule has 1 aromatic carbocycles. The van der Waals surface area contributed by atoms with Crippen molar-refractivity contribution in [2.75, 3.05) is 69.6 Å². The van der Waals surface area contributed by atoms with Gasteiger partial charge in [0.25, 0.3) is 0 Å². The fourth-order valence-electron chi connectivity index (χ4n) is 5.31. The molecule has 2 atom stereocenters. The highest BCUT2D eigenvalue weighted by Crippen LogP contribution is 2.26. The van der Waals surface area contributed by atoms with Crippen LogP contribution in [0, 0.1) is 18.8 Å². The minimum Gasteiger partial charge on any atom is -0.362 e. The molecule has 7 heteroatoms. The summed E-state index contributed by atoms with van der Waals surface area (Å²) < 4.78 is 0. The maximum atomic E-state index is 5.55. The summed E-state index contributed by atoms with van der Waals surface area (Å²) in [5.41, 5.74) is 3.30. The van der Waals surface area contributed by atoms with Crippen LogP contribution in [0.15, 0.2) is 24.3 Å². The van der Waals surface area contributed by atoms with Gasteiger partial charge in [-0.25, -0.2) is 4.98 Å². The Kier molecular flexibility index (Phi) is 8.04. The predicted molar refractivity (Wildman–Crippen MR) is 144 cm³/mol. The van der Waals surface area contributed by atoms with E-state index < -0.39 is 0 Å². The summed E-state index contributed by atoms with van der Waals surface area (Å²) in [6.07, 6.45) is 2.47. The van der Waals surface area contributed by atoms with Crippen LogP contribution in [-0.2, 0) is 0 Å². The lowest BCUT2D eigenvalue weighted by Crippen LogP contribution is -2.44. The molecular weight excluding hydrogens is 428 g/mol. The van der Waals surface area contributed by atoms with Crippen molar-refractivity contribution in [3.8, 4) is 0 Å². The van der Waals surface area contributed by atoms with Gasteiger partial charge in [0.15, 0.2) is 5.11 Å². The number of hydrogen-bond acceptors (Lipinski definition) is 5. The summed E-state index contributed by atoms with van der Waals surface area (Å²) in [6, 6.07) is 8.56. The Bertz CT molecular complexity index is 945. The lowest BCUT2D eigenvalue weighted by Gasteiger charge is -2.35. The van der Waals surface area contributed by atoms with Crippen LogP contribution in [0.5, 0.6) is 0 Å². The Morgan fingerprint density at radius 1 is 1.09 bits per heavy atom. The first-order valence-electron chi connectivity index (χ1n) is 12.5. The smallest absolute Gasteiger partial charge is 0.170 e. The minimum atomic E-state index is 0.689. The molecule has 0 radical (unpaired) electrons. The zero-order valence-electron chi connectivity index (χ0n) is 20.7. The molecule has 0 aliphatic carbocycles. The van der Waals surface area contributed by atoms with Crippen LogP contribution < -0.4 is 15.5 Å². The molecule has 2 fully saturated rings. The SMILES string of the molecule is Cc1cc(N2CCN(C)CC2)nc2ccc(NC(=S)NCCCN3C[C@H](C)C[C@@H](C)C3)cc12. The molecule has 0 saturated carbocycles. The van der Waals surface area contributed by atoms with Crippen molar-refractivity contribution in [3.05, 3.63) is 29.8 Å². The molecule has 3 heterocycles. The third-order valence-corrected chi connectivity index (χ3v) is 7.21. The lowest BCUT2D eigenvalue weighted by molar-refractivity contribution is 0.140. The molecule has 2 aromatic rings. The molecule has 4 rings (SSSR count). The van der Waals surface area contributed by atoms with Crippen LogP contribution in [0.4, 0.5) is 11.5 Å². The third kappa shape index (κ3) is 6.55. The van der Waals surface area contributed by atoms with Gasteiger partial charge in [0.05, 0.1) is 5.52 Å². The molecule has 2 aliphatic rings. The van der Waals surface area contributed by atoms with Gasteiger partial charge in [-0.1, -0.05) is 13.8 Å². The Labute approximate surface area is 204 Å². The quantitative estimate of drug-likeness (QED) is 0.492. The highest BCUT2D eigenvalue weighted by atomic mass is 32.1. The third-order valence-electron chi connectivity index (χ3n) is 6.97. The fourth-order valence-corrected chi connectivity index (χ4v) is 5.53. The number of piperazine rings is 1. The number of aryl methyl sites for hydroxylation is 1. The average molecular weight is 469 g/mol. The molecule has 0 bridgehead atoms. The molecule has 6 nitrogen and oxygen atoms in total.